The van der Waals surface area contributed by atoms with Gasteiger partial charge >= 0.3 is 0 Å². The van der Waals surface area contributed by atoms with E-state index in [-0.39, 0.29) is 0 Å². The number of pyridine rings is 1. The number of aromatic nitrogens is 1. The summed E-state index contributed by atoms with van der Waals surface area (Å²) in [5.41, 5.74) is 9.87. The highest BCUT2D eigenvalue weighted by molar-refractivity contribution is 7.20. The number of hydrogen-bond donors (Lipinski definition) is 0. The van der Waals surface area contributed by atoms with Gasteiger partial charge in [-0.1, -0.05) is 170 Å². The summed E-state index contributed by atoms with van der Waals surface area (Å²) in [5, 5.41) is 9.58. The molecule has 11 aromatic rings. The summed E-state index contributed by atoms with van der Waals surface area (Å²) >= 11 is 0. The fourth-order valence-corrected chi connectivity index (χ4v) is 13.9. The van der Waals surface area contributed by atoms with Gasteiger partial charge in [0.25, 0.3) is 0 Å². The number of rotatable bonds is 7. The van der Waals surface area contributed by atoms with Crippen LogP contribution in [0.2, 0.25) is 0 Å². The lowest BCUT2D eigenvalue weighted by molar-refractivity contribution is 0.670. The van der Waals surface area contributed by atoms with Crippen LogP contribution in [-0.4, -0.2) is 13.1 Å². The second kappa shape index (κ2) is 13.5. The maximum absolute atomic E-state index is 7.34. The van der Waals surface area contributed by atoms with Crippen molar-refractivity contribution >= 4 is 72.7 Å². The quantitative estimate of drug-likeness (QED) is 0.120. The molecule has 0 aliphatic rings. The number of benzene rings is 8. The smallest absolute Gasteiger partial charge is 0.184 e. The lowest BCUT2D eigenvalue weighted by Crippen LogP contribution is -2.74. The van der Waals surface area contributed by atoms with Gasteiger partial charge in [0, 0.05) is 50.6 Å². The van der Waals surface area contributed by atoms with E-state index in [9.17, 15) is 0 Å². The monoisotopic (exact) mass is 745 g/mol. The van der Waals surface area contributed by atoms with Gasteiger partial charge < -0.3 is 8.83 Å². The summed E-state index contributed by atoms with van der Waals surface area (Å²) in [6, 6.07) is 72.0. The first-order chi connectivity index (χ1) is 28.3. The standard InChI is InChI=1S/C53H35NO2Si/c1-4-17-40(18-5-1)57(41-19-6-2-7-20-41,42-21-8-3-9-22-42)50-30-14-28-48-47-27-13-25-44(52(47)56-53(48)50)39-33-37(36-16-15-31-54-35-36)32-38(34-39)43-24-12-26-46-45-23-10-11-29-49(45)55-51(43)46/h1-35H. The molecular formula is C53H35NO2Si. The van der Waals surface area contributed by atoms with Gasteiger partial charge in [-0.05, 0) is 67.8 Å². The van der Waals surface area contributed by atoms with Crippen LogP contribution in [0.5, 0.6) is 0 Å². The highest BCUT2D eigenvalue weighted by Crippen LogP contribution is 2.42. The molecule has 57 heavy (non-hydrogen) atoms. The molecule has 268 valence electrons. The van der Waals surface area contributed by atoms with E-state index in [2.05, 4.69) is 187 Å². The van der Waals surface area contributed by atoms with E-state index < -0.39 is 8.07 Å². The molecule has 0 saturated carbocycles. The van der Waals surface area contributed by atoms with Gasteiger partial charge in [-0.25, -0.2) is 0 Å². The first-order valence-corrected chi connectivity index (χ1v) is 21.4. The van der Waals surface area contributed by atoms with Crippen LogP contribution in [0.1, 0.15) is 0 Å². The number of nitrogens with zero attached hydrogens (tertiary/aromatic N) is 1. The molecule has 0 unspecified atom stereocenters. The van der Waals surface area contributed by atoms with E-state index in [1.807, 2.05) is 30.6 Å². The average Bonchev–Trinajstić information content (AvgIpc) is 3.87. The van der Waals surface area contributed by atoms with E-state index in [1.165, 1.54) is 20.7 Å². The highest BCUT2D eigenvalue weighted by Gasteiger charge is 2.43. The minimum atomic E-state index is -2.88. The second-order valence-corrected chi connectivity index (χ2v) is 18.4. The molecule has 0 aliphatic heterocycles. The van der Waals surface area contributed by atoms with Crippen LogP contribution in [0.4, 0.5) is 0 Å². The van der Waals surface area contributed by atoms with E-state index in [0.717, 1.165) is 77.3 Å². The Morgan fingerprint density at radius 1 is 0.351 bits per heavy atom. The molecule has 0 fully saturated rings. The highest BCUT2D eigenvalue weighted by atomic mass is 28.3. The van der Waals surface area contributed by atoms with Crippen molar-refractivity contribution in [3.8, 4) is 33.4 Å². The Labute approximate surface area is 331 Å². The molecule has 0 amide bonds. The predicted molar refractivity (Wildman–Crippen MR) is 239 cm³/mol. The Bertz CT molecular complexity index is 3130. The maximum Gasteiger partial charge on any atom is 0.184 e. The molecule has 8 aromatic carbocycles. The van der Waals surface area contributed by atoms with Crippen LogP contribution in [0, 0.1) is 0 Å². The maximum atomic E-state index is 7.34. The van der Waals surface area contributed by atoms with E-state index >= 15 is 0 Å². The van der Waals surface area contributed by atoms with Gasteiger partial charge in [0.1, 0.15) is 22.3 Å². The normalized spacial score (nSPS) is 11.9. The first kappa shape index (κ1) is 33.1. The number of furan rings is 2. The SMILES string of the molecule is c1ccc([Si](c2ccccc2)(c2ccccc2)c2cccc3c2oc2c(-c4cc(-c5cccnc5)cc(-c5cccc6c5oc5ccccc56)c4)cccc23)cc1. The molecule has 0 aliphatic carbocycles. The van der Waals surface area contributed by atoms with Gasteiger partial charge in [-0.3, -0.25) is 4.98 Å². The summed E-state index contributed by atoms with van der Waals surface area (Å²) in [6.45, 7) is 0. The Hall–Kier alpha value is -7.27. The zero-order valence-corrected chi connectivity index (χ0v) is 32.0. The first-order valence-electron chi connectivity index (χ1n) is 19.4. The van der Waals surface area contributed by atoms with Crippen molar-refractivity contribution in [2.45, 2.75) is 0 Å². The van der Waals surface area contributed by atoms with E-state index in [1.54, 1.807) is 0 Å². The minimum absolute atomic E-state index is 0.869. The molecule has 0 spiro atoms. The molecule has 3 nitrogen and oxygen atoms in total. The Balaban J connectivity index is 1.19. The van der Waals surface area contributed by atoms with Crippen molar-refractivity contribution in [3.63, 3.8) is 0 Å². The zero-order chi connectivity index (χ0) is 37.8. The van der Waals surface area contributed by atoms with E-state index in [4.69, 9.17) is 8.83 Å². The van der Waals surface area contributed by atoms with Gasteiger partial charge in [-0.15, -0.1) is 0 Å². The minimum Gasteiger partial charge on any atom is -0.455 e. The molecule has 0 N–H and O–H groups in total. The van der Waals surface area contributed by atoms with Crippen molar-refractivity contribution < 1.29 is 8.83 Å². The number of fused-ring (bicyclic) bond motifs is 6. The fraction of sp³-hybridized carbons (Fsp3) is 0. The largest absolute Gasteiger partial charge is 0.455 e. The molecule has 4 heteroatoms. The molecule has 3 aromatic heterocycles. The van der Waals surface area contributed by atoms with Gasteiger partial charge in [0.15, 0.2) is 8.07 Å². The fourth-order valence-electron chi connectivity index (χ4n) is 8.99. The molecular weight excluding hydrogens is 711 g/mol. The van der Waals surface area contributed by atoms with Crippen molar-refractivity contribution in [2.75, 3.05) is 0 Å². The number of hydrogen-bond acceptors (Lipinski definition) is 3. The average molecular weight is 746 g/mol. The van der Waals surface area contributed by atoms with Crippen molar-refractivity contribution in [1.29, 1.82) is 0 Å². The van der Waals surface area contributed by atoms with Gasteiger partial charge in [0.2, 0.25) is 0 Å². The molecule has 0 atom stereocenters. The van der Waals surface area contributed by atoms with Crippen molar-refractivity contribution in [2.24, 2.45) is 0 Å². The van der Waals surface area contributed by atoms with Gasteiger partial charge in [0.05, 0.1) is 0 Å². The summed E-state index contributed by atoms with van der Waals surface area (Å²) in [7, 11) is -2.88. The third kappa shape index (κ3) is 5.30. The van der Waals surface area contributed by atoms with Crippen molar-refractivity contribution in [3.05, 3.63) is 213 Å². The molecule has 0 bridgehead atoms. The third-order valence-corrected chi connectivity index (χ3v) is 16.3. The summed E-state index contributed by atoms with van der Waals surface area (Å²) in [6.07, 6.45) is 3.75. The van der Waals surface area contributed by atoms with Crippen LogP contribution in [0.3, 0.4) is 0 Å². The Morgan fingerprint density at radius 2 is 0.842 bits per heavy atom. The molecule has 3 heterocycles. The van der Waals surface area contributed by atoms with Crippen molar-refractivity contribution in [1.82, 2.24) is 4.98 Å². The molecule has 0 radical (unpaired) electrons. The van der Waals surface area contributed by atoms with Crippen LogP contribution < -0.4 is 20.7 Å². The second-order valence-electron chi connectivity index (χ2n) is 14.6. The lowest BCUT2D eigenvalue weighted by Gasteiger charge is -2.34. The summed E-state index contributed by atoms with van der Waals surface area (Å²) < 4.78 is 13.9. The van der Waals surface area contributed by atoms with Crippen LogP contribution >= 0.6 is 0 Å². The predicted octanol–water partition coefficient (Wildman–Crippen LogP) is 11.3. The molecule has 0 saturated heterocycles. The lowest BCUT2D eigenvalue weighted by atomic mass is 9.92. The Kier molecular flexibility index (Phi) is 7.83. The van der Waals surface area contributed by atoms with Crippen LogP contribution in [-0.2, 0) is 0 Å². The van der Waals surface area contributed by atoms with Crippen LogP contribution in [0.25, 0.3) is 77.3 Å². The number of para-hydroxylation sites is 4. The third-order valence-electron chi connectivity index (χ3n) is 11.5. The summed E-state index contributed by atoms with van der Waals surface area (Å²) in [4.78, 5) is 4.50. The summed E-state index contributed by atoms with van der Waals surface area (Å²) in [5.74, 6) is 0. The van der Waals surface area contributed by atoms with E-state index in [0.29, 0.717) is 0 Å². The zero-order valence-electron chi connectivity index (χ0n) is 31.0. The molecule has 11 rings (SSSR count). The van der Waals surface area contributed by atoms with Crippen LogP contribution in [0.15, 0.2) is 221 Å². The Morgan fingerprint density at radius 3 is 1.44 bits per heavy atom. The topological polar surface area (TPSA) is 39.2 Å². The van der Waals surface area contributed by atoms with Gasteiger partial charge in [-0.2, -0.15) is 0 Å².